The maximum absolute atomic E-state index is 2.44. The van der Waals surface area contributed by atoms with E-state index in [1.54, 1.807) is 0 Å². The Morgan fingerprint density at radius 2 is 0.621 bits per heavy atom. The minimum atomic E-state index is -0.447. The van der Waals surface area contributed by atoms with Gasteiger partial charge in [0.2, 0.25) is 0 Å². The topological polar surface area (TPSA) is 3.24 Å². The predicted molar refractivity (Wildman–Crippen MR) is 278 cm³/mol. The molecule has 0 heterocycles. The number of rotatable bonds is 9. The van der Waals surface area contributed by atoms with Gasteiger partial charge in [-0.15, -0.1) is 0 Å². The van der Waals surface area contributed by atoms with Crippen molar-refractivity contribution in [3.05, 3.63) is 295 Å². The number of benzene rings is 11. The Bertz CT molecular complexity index is 3440. The minimum Gasteiger partial charge on any atom is -0.311 e. The number of hydrogen-bond donors (Lipinski definition) is 0. The van der Waals surface area contributed by atoms with Crippen molar-refractivity contribution < 1.29 is 0 Å². The lowest BCUT2D eigenvalue weighted by molar-refractivity contribution is 0.769. The fourth-order valence-electron chi connectivity index (χ4n) is 10.4. The van der Waals surface area contributed by atoms with E-state index in [1.165, 1.54) is 88.7 Å². The van der Waals surface area contributed by atoms with Crippen molar-refractivity contribution in [1.29, 1.82) is 0 Å². The van der Waals surface area contributed by atoms with Crippen LogP contribution in [0.25, 0.3) is 66.4 Å². The third kappa shape index (κ3) is 6.81. The van der Waals surface area contributed by atoms with E-state index in [-0.39, 0.29) is 0 Å². The molecule has 0 saturated heterocycles. The zero-order chi connectivity index (χ0) is 43.9. The molecule has 11 aromatic carbocycles. The zero-order valence-corrected chi connectivity index (χ0v) is 36.4. The Hall–Kier alpha value is -8.52. The van der Waals surface area contributed by atoms with E-state index in [1.807, 2.05) is 0 Å². The van der Waals surface area contributed by atoms with Crippen LogP contribution in [0.3, 0.4) is 0 Å². The molecule has 11 aromatic rings. The third-order valence-corrected chi connectivity index (χ3v) is 13.6. The molecule has 1 nitrogen and oxygen atoms in total. The quantitative estimate of drug-likeness (QED) is 0.140. The van der Waals surface area contributed by atoms with Crippen LogP contribution in [0.15, 0.2) is 273 Å². The van der Waals surface area contributed by atoms with E-state index in [0.29, 0.717) is 0 Å². The van der Waals surface area contributed by atoms with E-state index in [2.05, 4.69) is 278 Å². The summed E-state index contributed by atoms with van der Waals surface area (Å²) in [7, 11) is 0. The Kier molecular flexibility index (Phi) is 9.81. The van der Waals surface area contributed by atoms with E-state index in [0.717, 1.165) is 17.1 Å². The molecule has 1 aliphatic rings. The van der Waals surface area contributed by atoms with Gasteiger partial charge in [0.1, 0.15) is 0 Å². The van der Waals surface area contributed by atoms with E-state index < -0.39 is 5.41 Å². The highest BCUT2D eigenvalue weighted by atomic mass is 15.1. The van der Waals surface area contributed by atoms with Crippen molar-refractivity contribution in [2.24, 2.45) is 0 Å². The molecule has 0 spiro atoms. The van der Waals surface area contributed by atoms with Gasteiger partial charge < -0.3 is 4.90 Å². The van der Waals surface area contributed by atoms with Crippen LogP contribution in [0.1, 0.15) is 22.3 Å². The van der Waals surface area contributed by atoms with Gasteiger partial charge in [-0.25, -0.2) is 0 Å². The number of nitrogens with zero attached hydrogens (tertiary/aromatic N) is 1. The third-order valence-electron chi connectivity index (χ3n) is 13.6. The van der Waals surface area contributed by atoms with Crippen LogP contribution in [0.5, 0.6) is 0 Å². The van der Waals surface area contributed by atoms with Gasteiger partial charge in [0.25, 0.3) is 0 Å². The van der Waals surface area contributed by atoms with Gasteiger partial charge in [0, 0.05) is 17.1 Å². The second-order valence-electron chi connectivity index (χ2n) is 17.3. The average molecular weight is 840 g/mol. The standard InChI is InChI=1S/C65H45N/c1-4-15-46(16-5-1)48-29-36-58(37-30-48)66(59-38-31-49(32-39-59)52-19-14-20-53(43-52)54-28-27-47-17-10-11-18-51(47)44-54)60-40-33-50(34-41-60)55-35-42-62-61-25-12-13-26-63(61)65(64(62)45-55,56-21-6-2-7-22-56)57-23-8-3-9-24-57/h1-45H. The molecule has 0 fully saturated rings. The van der Waals surface area contributed by atoms with Gasteiger partial charge in [0.05, 0.1) is 5.41 Å². The molecule has 1 heteroatoms. The van der Waals surface area contributed by atoms with Gasteiger partial charge in [-0.3, -0.25) is 0 Å². The number of anilines is 3. The van der Waals surface area contributed by atoms with Crippen LogP contribution >= 0.6 is 0 Å². The molecule has 0 aliphatic heterocycles. The smallest absolute Gasteiger partial charge is 0.0713 e. The van der Waals surface area contributed by atoms with Crippen molar-refractivity contribution in [2.45, 2.75) is 5.41 Å². The first kappa shape index (κ1) is 39.1. The van der Waals surface area contributed by atoms with Crippen LogP contribution in [-0.4, -0.2) is 0 Å². The Morgan fingerprint density at radius 1 is 0.227 bits per heavy atom. The summed E-state index contributed by atoms with van der Waals surface area (Å²) in [4.78, 5) is 2.36. The molecular formula is C65H45N. The minimum absolute atomic E-state index is 0.447. The molecule has 1 aliphatic carbocycles. The summed E-state index contributed by atoms with van der Waals surface area (Å²) in [5.41, 5.74) is 20.1. The molecule has 0 bridgehead atoms. The Labute approximate surface area is 387 Å². The second kappa shape index (κ2) is 16.6. The molecule has 0 amide bonds. The lowest BCUT2D eigenvalue weighted by Gasteiger charge is -2.34. The zero-order valence-electron chi connectivity index (χ0n) is 36.4. The number of fused-ring (bicyclic) bond motifs is 4. The van der Waals surface area contributed by atoms with Crippen molar-refractivity contribution in [3.63, 3.8) is 0 Å². The van der Waals surface area contributed by atoms with Gasteiger partial charge in [-0.1, -0.05) is 218 Å². The first-order chi connectivity index (χ1) is 32.7. The monoisotopic (exact) mass is 839 g/mol. The largest absolute Gasteiger partial charge is 0.311 e. The highest BCUT2D eigenvalue weighted by Crippen LogP contribution is 2.56. The van der Waals surface area contributed by atoms with E-state index >= 15 is 0 Å². The fourth-order valence-corrected chi connectivity index (χ4v) is 10.4. The maximum atomic E-state index is 2.44. The first-order valence-corrected chi connectivity index (χ1v) is 22.8. The fraction of sp³-hybridized carbons (Fsp3) is 0.0154. The normalized spacial score (nSPS) is 12.4. The Morgan fingerprint density at radius 3 is 1.23 bits per heavy atom. The average Bonchev–Trinajstić information content (AvgIpc) is 3.70. The summed E-state index contributed by atoms with van der Waals surface area (Å²) in [5.74, 6) is 0. The lowest BCUT2D eigenvalue weighted by atomic mass is 9.67. The van der Waals surface area contributed by atoms with Crippen molar-refractivity contribution in [2.75, 3.05) is 4.90 Å². The summed E-state index contributed by atoms with van der Waals surface area (Å²) >= 11 is 0. The molecule has 66 heavy (non-hydrogen) atoms. The maximum Gasteiger partial charge on any atom is 0.0713 e. The van der Waals surface area contributed by atoms with E-state index in [4.69, 9.17) is 0 Å². The van der Waals surface area contributed by atoms with Gasteiger partial charge in [-0.05, 0) is 143 Å². The van der Waals surface area contributed by atoms with Crippen LogP contribution in [-0.2, 0) is 5.41 Å². The number of hydrogen-bond acceptors (Lipinski definition) is 1. The van der Waals surface area contributed by atoms with Crippen LogP contribution in [0.2, 0.25) is 0 Å². The molecule has 0 aromatic heterocycles. The highest BCUT2D eigenvalue weighted by molar-refractivity contribution is 5.90. The molecule has 0 saturated carbocycles. The molecule has 0 radical (unpaired) electrons. The second-order valence-corrected chi connectivity index (χ2v) is 17.3. The summed E-state index contributed by atoms with van der Waals surface area (Å²) in [6.07, 6.45) is 0. The van der Waals surface area contributed by atoms with Gasteiger partial charge in [0.15, 0.2) is 0 Å². The molecule has 0 N–H and O–H groups in total. The van der Waals surface area contributed by atoms with Crippen LogP contribution < -0.4 is 4.90 Å². The molecule has 0 atom stereocenters. The highest BCUT2D eigenvalue weighted by Gasteiger charge is 2.46. The summed E-state index contributed by atoms with van der Waals surface area (Å²) in [6.45, 7) is 0. The predicted octanol–water partition coefficient (Wildman–Crippen LogP) is 17.3. The Balaban J connectivity index is 0.921. The van der Waals surface area contributed by atoms with Crippen molar-refractivity contribution in [1.82, 2.24) is 0 Å². The van der Waals surface area contributed by atoms with Crippen molar-refractivity contribution in [3.8, 4) is 55.6 Å². The first-order valence-electron chi connectivity index (χ1n) is 22.8. The lowest BCUT2D eigenvalue weighted by Crippen LogP contribution is -2.28. The molecule has 310 valence electrons. The molecular weight excluding hydrogens is 795 g/mol. The molecule has 12 rings (SSSR count). The van der Waals surface area contributed by atoms with Gasteiger partial charge >= 0.3 is 0 Å². The summed E-state index contributed by atoms with van der Waals surface area (Å²) < 4.78 is 0. The summed E-state index contributed by atoms with van der Waals surface area (Å²) in [5, 5.41) is 2.51. The van der Waals surface area contributed by atoms with Crippen LogP contribution in [0, 0.1) is 0 Å². The SMILES string of the molecule is c1ccc(-c2ccc(N(c3ccc(-c4cccc(-c5ccc6ccccc6c5)c4)cc3)c3ccc(-c4ccc5c(c4)C(c4ccccc4)(c4ccccc4)c4ccccc4-5)cc3)cc2)cc1. The molecule has 0 unspecified atom stereocenters. The van der Waals surface area contributed by atoms with E-state index in [9.17, 15) is 0 Å². The van der Waals surface area contributed by atoms with Crippen molar-refractivity contribution >= 4 is 27.8 Å². The van der Waals surface area contributed by atoms with Crippen LogP contribution in [0.4, 0.5) is 17.1 Å². The van der Waals surface area contributed by atoms with Gasteiger partial charge in [-0.2, -0.15) is 0 Å². The summed E-state index contributed by atoms with van der Waals surface area (Å²) in [6, 6.07) is 99.9.